The van der Waals surface area contributed by atoms with Gasteiger partial charge in [0, 0.05) is 11.6 Å². The number of hydrogen-bond donors (Lipinski definition) is 2. The molecule has 160 valence electrons. The number of fused-ring (bicyclic) bond motifs is 1. The maximum absolute atomic E-state index is 12.5. The molecule has 1 aliphatic heterocycles. The number of aryl methyl sites for hydroxylation is 1. The van der Waals surface area contributed by atoms with Crippen LogP contribution in [-0.2, 0) is 16.0 Å². The summed E-state index contributed by atoms with van der Waals surface area (Å²) in [6.07, 6.45) is 1.36. The highest BCUT2D eigenvalue weighted by molar-refractivity contribution is 7.22. The van der Waals surface area contributed by atoms with Crippen LogP contribution in [0.3, 0.4) is 0 Å². The molecule has 4 rings (SSSR count). The normalized spacial score (nSPS) is 14.0. The maximum atomic E-state index is 12.5. The second kappa shape index (κ2) is 9.04. The Bertz CT molecular complexity index is 1230. The fraction of sp³-hybridized carbons (Fsp3) is 0.190. The van der Waals surface area contributed by atoms with E-state index in [1.54, 1.807) is 30.3 Å². The number of thiazole rings is 1. The van der Waals surface area contributed by atoms with Crippen molar-refractivity contribution in [2.45, 2.75) is 12.8 Å². The van der Waals surface area contributed by atoms with Crippen LogP contribution >= 0.6 is 46.1 Å². The summed E-state index contributed by atoms with van der Waals surface area (Å²) in [7, 11) is 0. The van der Waals surface area contributed by atoms with E-state index < -0.39 is 17.6 Å². The summed E-state index contributed by atoms with van der Waals surface area (Å²) in [5.41, 5.74) is 1.72. The van der Waals surface area contributed by atoms with Crippen LogP contribution in [0.15, 0.2) is 47.7 Å². The highest BCUT2D eigenvalue weighted by Crippen LogP contribution is 2.33. The molecule has 3 aromatic rings. The number of carbonyl (C=O) groups is 2. The molecule has 0 aliphatic carbocycles. The van der Waals surface area contributed by atoms with Crippen LogP contribution in [0.5, 0.6) is 0 Å². The Hall–Kier alpha value is -2.32. The zero-order valence-electron chi connectivity index (χ0n) is 16.0. The van der Waals surface area contributed by atoms with E-state index in [0.717, 1.165) is 10.3 Å². The zero-order valence-corrected chi connectivity index (χ0v) is 19.1. The number of rotatable bonds is 6. The van der Waals surface area contributed by atoms with Gasteiger partial charge in [0.25, 0.3) is 11.8 Å². The van der Waals surface area contributed by atoms with Crippen molar-refractivity contribution in [1.82, 2.24) is 10.3 Å². The van der Waals surface area contributed by atoms with Crippen molar-refractivity contribution in [2.24, 2.45) is 0 Å². The number of nitrogens with one attached hydrogen (secondary N) is 1. The lowest BCUT2D eigenvalue weighted by Crippen LogP contribution is -2.30. The second-order valence-corrected chi connectivity index (χ2v) is 9.19. The first-order valence-electron chi connectivity index (χ1n) is 9.35. The minimum atomic E-state index is -0.647. The summed E-state index contributed by atoms with van der Waals surface area (Å²) in [5.74, 6) is -1.68. The third-order valence-corrected chi connectivity index (χ3v) is 6.82. The van der Waals surface area contributed by atoms with Gasteiger partial charge in [-0.2, -0.15) is 0 Å². The number of anilines is 1. The summed E-state index contributed by atoms with van der Waals surface area (Å²) in [4.78, 5) is 30.7. The van der Waals surface area contributed by atoms with Gasteiger partial charge in [-0.15, -0.1) is 0 Å². The van der Waals surface area contributed by atoms with E-state index in [9.17, 15) is 14.7 Å². The maximum Gasteiger partial charge on any atom is 0.295 e. The molecule has 10 heteroatoms. The number of benzene rings is 2. The molecule has 2 N–H and O–H groups in total. The number of aromatic nitrogens is 1. The van der Waals surface area contributed by atoms with Gasteiger partial charge >= 0.3 is 0 Å². The van der Waals surface area contributed by atoms with E-state index in [1.165, 1.54) is 16.2 Å². The number of nitrogens with zero attached hydrogens (tertiary/aromatic N) is 2. The van der Waals surface area contributed by atoms with Gasteiger partial charge in [-0.25, -0.2) is 4.98 Å². The molecule has 6 nitrogen and oxygen atoms in total. The van der Waals surface area contributed by atoms with Gasteiger partial charge in [0.2, 0.25) is 0 Å². The molecule has 0 fully saturated rings. The zero-order chi connectivity index (χ0) is 22.1. The summed E-state index contributed by atoms with van der Waals surface area (Å²) in [6.45, 7) is 0.334. The highest BCUT2D eigenvalue weighted by atomic mass is 35.5. The van der Waals surface area contributed by atoms with Crippen molar-refractivity contribution in [2.75, 3.05) is 18.0 Å². The van der Waals surface area contributed by atoms with E-state index >= 15 is 0 Å². The Kier molecular flexibility index (Phi) is 6.39. The molecule has 0 unspecified atom stereocenters. The molecular formula is C21H16Cl3N3O3S. The Balaban J connectivity index is 1.36. The second-order valence-electron chi connectivity index (χ2n) is 6.93. The van der Waals surface area contributed by atoms with E-state index in [0.29, 0.717) is 45.1 Å². The monoisotopic (exact) mass is 495 g/mol. The van der Waals surface area contributed by atoms with E-state index in [1.807, 2.05) is 6.07 Å². The Morgan fingerprint density at radius 3 is 2.74 bits per heavy atom. The number of aliphatic hydroxyl groups excluding tert-OH is 1. The molecule has 1 aromatic heterocycles. The highest BCUT2D eigenvalue weighted by Gasteiger charge is 2.36. The SMILES string of the molecule is O=C(NCCCc1ccc(Cl)c(Cl)c1)C1=C(O)C(=O)N(c2nc3ccc(Cl)cc3s2)C1. The Morgan fingerprint density at radius 1 is 1.16 bits per heavy atom. The molecule has 31 heavy (non-hydrogen) atoms. The van der Waals surface area contributed by atoms with Crippen molar-refractivity contribution >= 4 is 73.3 Å². The van der Waals surface area contributed by atoms with Gasteiger partial charge in [0.05, 0.1) is 32.4 Å². The predicted molar refractivity (Wildman–Crippen MR) is 124 cm³/mol. The predicted octanol–water partition coefficient (Wildman–Crippen LogP) is 5.16. The lowest BCUT2D eigenvalue weighted by molar-refractivity contribution is -0.119. The van der Waals surface area contributed by atoms with Crippen LogP contribution in [0.2, 0.25) is 15.1 Å². The van der Waals surface area contributed by atoms with Crippen molar-refractivity contribution in [1.29, 1.82) is 0 Å². The van der Waals surface area contributed by atoms with Crippen LogP contribution < -0.4 is 10.2 Å². The first-order valence-corrected chi connectivity index (χ1v) is 11.3. The van der Waals surface area contributed by atoms with Crippen molar-refractivity contribution in [3.63, 3.8) is 0 Å². The van der Waals surface area contributed by atoms with Crippen LogP contribution in [-0.4, -0.2) is 35.0 Å². The minimum absolute atomic E-state index is 0.0248. The van der Waals surface area contributed by atoms with Gasteiger partial charge in [0.1, 0.15) is 0 Å². The van der Waals surface area contributed by atoms with Crippen LogP contribution in [0.4, 0.5) is 5.13 Å². The van der Waals surface area contributed by atoms with Gasteiger partial charge < -0.3 is 10.4 Å². The third kappa shape index (κ3) is 4.65. The summed E-state index contributed by atoms with van der Waals surface area (Å²) in [6, 6.07) is 10.6. The van der Waals surface area contributed by atoms with Gasteiger partial charge in [-0.3, -0.25) is 14.5 Å². The quantitative estimate of drug-likeness (QED) is 0.462. The first kappa shape index (κ1) is 21.9. The smallest absolute Gasteiger partial charge is 0.295 e. The molecule has 2 amide bonds. The van der Waals surface area contributed by atoms with Crippen LogP contribution in [0, 0.1) is 0 Å². The van der Waals surface area contributed by atoms with Crippen molar-refractivity contribution in [3.05, 3.63) is 68.4 Å². The summed E-state index contributed by atoms with van der Waals surface area (Å²) < 4.78 is 0.815. The number of carbonyl (C=O) groups excluding carboxylic acids is 2. The lowest BCUT2D eigenvalue weighted by atomic mass is 10.1. The molecule has 0 spiro atoms. The lowest BCUT2D eigenvalue weighted by Gasteiger charge is -2.12. The average molecular weight is 497 g/mol. The molecule has 0 bridgehead atoms. The summed E-state index contributed by atoms with van der Waals surface area (Å²) >= 11 is 19.2. The molecule has 0 saturated carbocycles. The fourth-order valence-electron chi connectivity index (χ4n) is 3.19. The summed E-state index contributed by atoms with van der Waals surface area (Å²) in [5, 5.41) is 14.9. The average Bonchev–Trinajstić information content (AvgIpc) is 3.28. The number of hydrogen-bond acceptors (Lipinski definition) is 5. The van der Waals surface area contributed by atoms with Crippen molar-refractivity contribution < 1.29 is 14.7 Å². The van der Waals surface area contributed by atoms with Gasteiger partial charge in [-0.05, 0) is 48.7 Å². The number of amides is 2. The van der Waals surface area contributed by atoms with Crippen LogP contribution in [0.1, 0.15) is 12.0 Å². The van der Waals surface area contributed by atoms with E-state index in [-0.39, 0.29) is 12.1 Å². The third-order valence-electron chi connectivity index (χ3n) is 4.81. The molecule has 0 radical (unpaired) electrons. The van der Waals surface area contributed by atoms with Gasteiger partial charge in [-0.1, -0.05) is 52.2 Å². The number of aliphatic hydroxyl groups is 1. The Labute approximate surface area is 197 Å². The standard InChI is InChI=1S/C21H16Cl3N3O3S/c22-12-4-6-16-17(9-12)31-21(26-16)27-10-13(18(28)20(27)30)19(29)25-7-1-2-11-3-5-14(23)15(24)8-11/h3-6,8-9,28H,1-2,7,10H2,(H,25,29). The molecule has 2 aromatic carbocycles. The fourth-order valence-corrected chi connectivity index (χ4v) is 4.75. The van der Waals surface area contributed by atoms with Crippen molar-refractivity contribution in [3.8, 4) is 0 Å². The molecular weight excluding hydrogens is 481 g/mol. The minimum Gasteiger partial charge on any atom is -0.503 e. The van der Waals surface area contributed by atoms with E-state index in [4.69, 9.17) is 34.8 Å². The van der Waals surface area contributed by atoms with Gasteiger partial charge in [0.15, 0.2) is 10.9 Å². The molecule has 0 atom stereocenters. The molecule has 1 aliphatic rings. The molecule has 2 heterocycles. The van der Waals surface area contributed by atoms with E-state index in [2.05, 4.69) is 10.3 Å². The topological polar surface area (TPSA) is 82.5 Å². The largest absolute Gasteiger partial charge is 0.503 e. The van der Waals surface area contributed by atoms with Crippen LogP contribution in [0.25, 0.3) is 10.2 Å². The first-order chi connectivity index (χ1) is 14.8. The number of halogens is 3. The molecule has 0 saturated heterocycles. The Morgan fingerprint density at radius 2 is 1.97 bits per heavy atom.